The van der Waals surface area contributed by atoms with E-state index in [1.807, 2.05) is 0 Å². The zero-order valence-corrected chi connectivity index (χ0v) is 18.9. The summed E-state index contributed by atoms with van der Waals surface area (Å²) in [5.41, 5.74) is 2.79. The Morgan fingerprint density at radius 3 is 1.96 bits per heavy atom. The van der Waals surface area contributed by atoms with Gasteiger partial charge >= 0.3 is 0 Å². The van der Waals surface area contributed by atoms with Crippen LogP contribution in [0.3, 0.4) is 0 Å². The highest BCUT2D eigenvalue weighted by Crippen LogP contribution is 2.14. The first-order valence-electron chi connectivity index (χ1n) is 10.1. The summed E-state index contributed by atoms with van der Waals surface area (Å²) in [6.45, 7) is 1.62. The molecule has 0 saturated carbocycles. The molecule has 0 N–H and O–H groups in total. The van der Waals surface area contributed by atoms with Crippen LogP contribution in [0.5, 0.6) is 0 Å². The van der Waals surface area contributed by atoms with Gasteiger partial charge in [-0.15, -0.1) is 0 Å². The Hall–Kier alpha value is -1.95. The first-order chi connectivity index (χ1) is 13.4. The lowest BCUT2D eigenvalue weighted by Gasteiger charge is -2.16. The van der Waals surface area contributed by atoms with Gasteiger partial charge in [-0.1, -0.05) is 113 Å². The predicted molar refractivity (Wildman–Crippen MR) is 122 cm³/mol. The molecule has 0 amide bonds. The van der Waals surface area contributed by atoms with Gasteiger partial charge in [0.2, 0.25) is 0 Å². The summed E-state index contributed by atoms with van der Waals surface area (Å²) >= 11 is 0. The van der Waals surface area contributed by atoms with Crippen molar-refractivity contribution in [1.82, 2.24) is 0 Å². The van der Waals surface area contributed by atoms with Gasteiger partial charge in [-0.25, -0.2) is 0 Å². The molecule has 0 unspecified atom stereocenters. The van der Waals surface area contributed by atoms with Crippen LogP contribution >= 0.6 is 0 Å². The number of rotatable bonds is 11. The molecule has 27 heavy (non-hydrogen) atoms. The fourth-order valence-electron chi connectivity index (χ4n) is 3.55. The molecular formula is C24H30OSi2. The van der Waals surface area contributed by atoms with E-state index in [0.29, 0.717) is 0 Å². The van der Waals surface area contributed by atoms with Gasteiger partial charge in [0.15, 0.2) is 0 Å². The molecule has 3 aromatic rings. The lowest BCUT2D eigenvalue weighted by atomic mass is 10.2. The molecule has 0 bridgehead atoms. The van der Waals surface area contributed by atoms with Gasteiger partial charge in [0.25, 0.3) is 0 Å². The van der Waals surface area contributed by atoms with Gasteiger partial charge in [-0.2, -0.15) is 0 Å². The summed E-state index contributed by atoms with van der Waals surface area (Å²) in [5.74, 6) is 0. The Balaban J connectivity index is 1.45. The van der Waals surface area contributed by atoms with E-state index >= 15 is 0 Å². The fraction of sp³-hybridized carbons (Fsp3) is 0.250. The Morgan fingerprint density at radius 1 is 0.704 bits per heavy atom. The quantitative estimate of drug-likeness (QED) is 0.359. The Morgan fingerprint density at radius 2 is 1.30 bits per heavy atom. The highest BCUT2D eigenvalue weighted by Gasteiger charge is 2.11. The van der Waals surface area contributed by atoms with Crippen molar-refractivity contribution in [1.29, 1.82) is 0 Å². The van der Waals surface area contributed by atoms with Gasteiger partial charge < -0.3 is 4.74 Å². The third-order valence-electron chi connectivity index (χ3n) is 5.06. The second-order valence-electron chi connectivity index (χ2n) is 7.26. The van der Waals surface area contributed by atoms with Crippen LogP contribution in [0.15, 0.2) is 91.0 Å². The van der Waals surface area contributed by atoms with Crippen molar-refractivity contribution in [2.24, 2.45) is 0 Å². The minimum atomic E-state index is -0.192. The van der Waals surface area contributed by atoms with Crippen LogP contribution < -0.4 is 5.19 Å². The maximum absolute atomic E-state index is 5.91. The molecule has 0 saturated heterocycles. The van der Waals surface area contributed by atoms with Crippen LogP contribution in [0.1, 0.15) is 24.0 Å². The average Bonchev–Trinajstić information content (AvgIpc) is 2.74. The Labute approximate surface area is 168 Å². The normalized spacial score (nSPS) is 12.9. The fourth-order valence-corrected chi connectivity index (χ4v) is 9.33. The van der Waals surface area contributed by atoms with E-state index in [-0.39, 0.29) is 19.0 Å². The van der Waals surface area contributed by atoms with Crippen molar-refractivity contribution in [2.45, 2.75) is 30.7 Å². The van der Waals surface area contributed by atoms with E-state index in [1.165, 1.54) is 30.0 Å². The average molecular weight is 391 g/mol. The van der Waals surface area contributed by atoms with Gasteiger partial charge in [0.05, 0.1) is 16.1 Å². The SMILES string of the molecule is c1ccc(COCCC[C@H]([SiH2]Cc2ccccc2)[SiH2]c2ccccc2)cc1. The Kier molecular flexibility index (Phi) is 8.58. The monoisotopic (exact) mass is 390 g/mol. The van der Waals surface area contributed by atoms with Crippen molar-refractivity contribution in [2.75, 3.05) is 6.61 Å². The first kappa shape index (κ1) is 19.8. The molecule has 1 nitrogen and oxygen atoms in total. The standard InChI is InChI=1S/C24H30OSi2/c1-4-11-21(12-5-1)19-25-18-10-17-24(27-23-15-8-3-9-16-23)26-20-22-13-6-2-7-14-22/h1-9,11-16,24H,10,17-20,26-27H2/t24-/m1/s1. The minimum Gasteiger partial charge on any atom is -0.377 e. The summed E-state index contributed by atoms with van der Waals surface area (Å²) in [6.07, 6.45) is 2.54. The maximum Gasteiger partial charge on any atom is 0.0716 e. The van der Waals surface area contributed by atoms with Crippen molar-refractivity contribution in [3.63, 3.8) is 0 Å². The van der Waals surface area contributed by atoms with Crippen LogP contribution in [0.2, 0.25) is 5.16 Å². The molecule has 0 aliphatic carbocycles. The molecule has 0 aliphatic heterocycles. The molecule has 1 atom stereocenters. The van der Waals surface area contributed by atoms with Gasteiger partial charge in [-0.3, -0.25) is 0 Å². The molecule has 3 aromatic carbocycles. The van der Waals surface area contributed by atoms with E-state index in [0.717, 1.165) is 18.4 Å². The molecular weight excluding hydrogens is 360 g/mol. The van der Waals surface area contributed by atoms with Crippen LogP contribution in [0.4, 0.5) is 0 Å². The molecule has 0 fully saturated rings. The van der Waals surface area contributed by atoms with Gasteiger partial charge in [-0.05, 0) is 18.0 Å². The van der Waals surface area contributed by atoms with E-state index in [1.54, 1.807) is 5.19 Å². The third-order valence-corrected chi connectivity index (χ3v) is 11.2. The summed E-state index contributed by atoms with van der Waals surface area (Å²) in [5, 5.41) is 2.60. The zero-order chi connectivity index (χ0) is 18.6. The van der Waals surface area contributed by atoms with Crippen LogP contribution in [0.25, 0.3) is 0 Å². The molecule has 3 heteroatoms. The van der Waals surface area contributed by atoms with Crippen molar-refractivity contribution < 1.29 is 4.74 Å². The molecule has 0 radical (unpaired) electrons. The third kappa shape index (κ3) is 7.67. The summed E-state index contributed by atoms with van der Waals surface area (Å²) in [7, 11) is -0.288. The summed E-state index contributed by atoms with van der Waals surface area (Å²) in [6, 6.07) is 34.0. The Bertz CT molecular complexity index is 747. The first-order valence-corrected chi connectivity index (χ1v) is 13.4. The molecule has 3 rings (SSSR count). The highest BCUT2D eigenvalue weighted by molar-refractivity contribution is 6.67. The number of hydrogen-bond acceptors (Lipinski definition) is 1. The second kappa shape index (κ2) is 11.7. The number of ether oxygens (including phenoxy) is 1. The minimum absolute atomic E-state index is 0.0956. The summed E-state index contributed by atoms with van der Waals surface area (Å²) in [4.78, 5) is 0. The zero-order valence-electron chi connectivity index (χ0n) is 16.1. The predicted octanol–water partition coefficient (Wildman–Crippen LogP) is 3.59. The van der Waals surface area contributed by atoms with E-state index in [9.17, 15) is 0 Å². The second-order valence-corrected chi connectivity index (χ2v) is 13.0. The summed E-state index contributed by atoms with van der Waals surface area (Å²) < 4.78 is 5.91. The van der Waals surface area contributed by atoms with Crippen LogP contribution in [-0.2, 0) is 17.4 Å². The molecule has 140 valence electrons. The van der Waals surface area contributed by atoms with Crippen LogP contribution in [0, 0.1) is 0 Å². The number of hydrogen-bond donors (Lipinski definition) is 0. The molecule has 0 aromatic heterocycles. The van der Waals surface area contributed by atoms with E-state index < -0.39 is 0 Å². The number of benzene rings is 3. The van der Waals surface area contributed by atoms with Crippen molar-refractivity contribution in [3.8, 4) is 0 Å². The molecule has 0 aliphatic rings. The van der Waals surface area contributed by atoms with E-state index in [2.05, 4.69) is 91.0 Å². The van der Waals surface area contributed by atoms with Crippen molar-refractivity contribution in [3.05, 3.63) is 102 Å². The topological polar surface area (TPSA) is 9.23 Å². The lowest BCUT2D eigenvalue weighted by molar-refractivity contribution is 0.117. The van der Waals surface area contributed by atoms with E-state index in [4.69, 9.17) is 4.74 Å². The maximum atomic E-state index is 5.91. The lowest BCUT2D eigenvalue weighted by Crippen LogP contribution is -2.24. The van der Waals surface area contributed by atoms with Gasteiger partial charge in [0, 0.05) is 16.1 Å². The van der Waals surface area contributed by atoms with Gasteiger partial charge in [0.1, 0.15) is 0 Å². The smallest absolute Gasteiger partial charge is 0.0716 e. The largest absolute Gasteiger partial charge is 0.377 e. The van der Waals surface area contributed by atoms with Crippen LogP contribution in [-0.4, -0.2) is 25.6 Å². The van der Waals surface area contributed by atoms with Crippen molar-refractivity contribution >= 4 is 24.2 Å². The highest BCUT2D eigenvalue weighted by atomic mass is 28.3. The molecule has 0 heterocycles. The molecule has 0 spiro atoms.